The van der Waals surface area contributed by atoms with Crippen LogP contribution in [-0.2, 0) is 18.3 Å². The van der Waals surface area contributed by atoms with E-state index in [1.165, 1.54) is 40.7 Å². The molecule has 0 spiro atoms. The average molecular weight is 384 g/mol. The Morgan fingerprint density at radius 1 is 1.04 bits per heavy atom. The van der Waals surface area contributed by atoms with Crippen molar-refractivity contribution in [2.24, 2.45) is 0 Å². The quantitative estimate of drug-likeness (QED) is 0.423. The molecule has 26 heavy (non-hydrogen) atoms. The highest BCUT2D eigenvalue weighted by atomic mass is 32.2. The van der Waals surface area contributed by atoms with E-state index >= 15 is 0 Å². The molecule has 1 aliphatic carbocycles. The van der Waals surface area contributed by atoms with Gasteiger partial charge in [0.15, 0.2) is 5.16 Å². The number of anilines is 2. The smallest absolute Gasteiger partial charge is 0.190 e. The van der Waals surface area contributed by atoms with Gasteiger partial charge in [0.25, 0.3) is 0 Å². The zero-order chi connectivity index (χ0) is 18.3. The molecular formula is C21H25N3S2. The van der Waals surface area contributed by atoms with Crippen molar-refractivity contribution in [3.05, 3.63) is 40.3 Å². The molecule has 2 heterocycles. The molecule has 0 bridgehead atoms. The van der Waals surface area contributed by atoms with Crippen molar-refractivity contribution in [3.8, 4) is 0 Å². The van der Waals surface area contributed by atoms with Gasteiger partial charge in [0.2, 0.25) is 0 Å². The largest absolute Gasteiger partial charge is 0.340 e. The highest BCUT2D eigenvalue weighted by Gasteiger charge is 2.21. The van der Waals surface area contributed by atoms with Crippen LogP contribution >= 0.6 is 23.1 Å². The summed E-state index contributed by atoms with van der Waals surface area (Å²) in [5, 5.41) is 5.65. The first-order valence-electron chi connectivity index (χ1n) is 9.19. The van der Waals surface area contributed by atoms with E-state index < -0.39 is 0 Å². The molecule has 1 aromatic carbocycles. The van der Waals surface area contributed by atoms with Crippen LogP contribution in [0.25, 0.3) is 10.2 Å². The third-order valence-corrected chi connectivity index (χ3v) is 6.72. The third kappa shape index (κ3) is 3.35. The number of benzene rings is 1. The standard InChI is InChI=1S/C21H25N3S2/c1-21(2,3)13-9-11-14(12-10-13)22-18-17-15-7-5-6-8-16(15)26-19(17)24-20(23-18)25-4/h9-12H,5-8H2,1-4H3,(H,22,23,24). The first-order chi connectivity index (χ1) is 12.5. The van der Waals surface area contributed by atoms with Gasteiger partial charge in [0.1, 0.15) is 10.6 Å². The average Bonchev–Trinajstić information content (AvgIpc) is 3.00. The molecule has 3 aromatic rings. The van der Waals surface area contributed by atoms with Crippen LogP contribution in [0.3, 0.4) is 0 Å². The topological polar surface area (TPSA) is 37.8 Å². The Bertz CT molecular complexity index is 937. The Morgan fingerprint density at radius 2 is 1.77 bits per heavy atom. The highest BCUT2D eigenvalue weighted by molar-refractivity contribution is 7.98. The lowest BCUT2D eigenvalue weighted by Gasteiger charge is -2.19. The van der Waals surface area contributed by atoms with Gasteiger partial charge in [-0.05, 0) is 60.6 Å². The van der Waals surface area contributed by atoms with Crippen molar-refractivity contribution in [1.29, 1.82) is 0 Å². The van der Waals surface area contributed by atoms with Crippen molar-refractivity contribution < 1.29 is 0 Å². The predicted octanol–water partition coefficient (Wildman–Crippen LogP) is 6.33. The van der Waals surface area contributed by atoms with Crippen LogP contribution in [0.15, 0.2) is 29.4 Å². The fraction of sp³-hybridized carbons (Fsp3) is 0.429. The van der Waals surface area contributed by atoms with E-state index in [0.717, 1.165) is 27.9 Å². The maximum Gasteiger partial charge on any atom is 0.190 e. The summed E-state index contributed by atoms with van der Waals surface area (Å²) in [6.07, 6.45) is 6.93. The summed E-state index contributed by atoms with van der Waals surface area (Å²) < 4.78 is 0. The molecule has 1 N–H and O–H groups in total. The minimum Gasteiger partial charge on any atom is -0.340 e. The minimum atomic E-state index is 0.166. The van der Waals surface area contributed by atoms with Crippen molar-refractivity contribution in [1.82, 2.24) is 9.97 Å². The zero-order valence-corrected chi connectivity index (χ0v) is 17.5. The number of thiophene rings is 1. The van der Waals surface area contributed by atoms with Gasteiger partial charge in [-0.15, -0.1) is 11.3 Å². The Kier molecular flexibility index (Phi) is 4.70. The van der Waals surface area contributed by atoms with Crippen molar-refractivity contribution in [3.63, 3.8) is 0 Å². The molecule has 0 atom stereocenters. The zero-order valence-electron chi connectivity index (χ0n) is 15.8. The number of thioether (sulfide) groups is 1. The third-order valence-electron chi connectivity index (χ3n) is 4.99. The van der Waals surface area contributed by atoms with Gasteiger partial charge in [-0.3, -0.25) is 0 Å². The monoisotopic (exact) mass is 383 g/mol. The van der Waals surface area contributed by atoms with Crippen molar-refractivity contribution in [2.45, 2.75) is 57.0 Å². The van der Waals surface area contributed by atoms with Crippen molar-refractivity contribution in [2.75, 3.05) is 11.6 Å². The summed E-state index contributed by atoms with van der Waals surface area (Å²) in [5.41, 5.74) is 4.06. The first kappa shape index (κ1) is 17.8. The first-order valence-corrected chi connectivity index (χ1v) is 11.2. The van der Waals surface area contributed by atoms with Crippen LogP contribution in [0.2, 0.25) is 0 Å². The van der Waals surface area contributed by atoms with Gasteiger partial charge in [0.05, 0.1) is 5.39 Å². The maximum absolute atomic E-state index is 4.81. The molecule has 5 heteroatoms. The number of nitrogens with one attached hydrogen (secondary N) is 1. The number of aromatic nitrogens is 2. The molecule has 0 fully saturated rings. The normalized spacial score (nSPS) is 14.5. The Balaban J connectivity index is 1.76. The summed E-state index contributed by atoms with van der Waals surface area (Å²) in [6.45, 7) is 6.73. The number of hydrogen-bond acceptors (Lipinski definition) is 5. The van der Waals surface area contributed by atoms with Crippen LogP contribution in [-0.4, -0.2) is 16.2 Å². The molecule has 0 saturated carbocycles. The lowest BCUT2D eigenvalue weighted by atomic mass is 9.87. The SMILES string of the molecule is CSc1nc(Nc2ccc(C(C)(C)C)cc2)c2c3c(sc2n1)CCCC3. The van der Waals surface area contributed by atoms with Gasteiger partial charge in [-0.1, -0.05) is 44.7 Å². The van der Waals surface area contributed by atoms with Gasteiger partial charge in [-0.2, -0.15) is 0 Å². The Labute approximate surface area is 163 Å². The van der Waals surface area contributed by atoms with E-state index in [1.54, 1.807) is 11.8 Å². The second-order valence-electron chi connectivity index (χ2n) is 7.90. The maximum atomic E-state index is 4.81. The van der Waals surface area contributed by atoms with Crippen LogP contribution in [0.5, 0.6) is 0 Å². The highest BCUT2D eigenvalue weighted by Crippen LogP contribution is 2.40. The molecule has 0 radical (unpaired) electrons. The fourth-order valence-corrected chi connectivity index (χ4v) is 5.19. The predicted molar refractivity (Wildman–Crippen MR) is 114 cm³/mol. The molecule has 3 nitrogen and oxygen atoms in total. The summed E-state index contributed by atoms with van der Waals surface area (Å²) in [5.74, 6) is 0.960. The molecule has 4 rings (SSSR count). The summed E-state index contributed by atoms with van der Waals surface area (Å²) in [6, 6.07) is 8.73. The van der Waals surface area contributed by atoms with E-state index in [0.29, 0.717) is 0 Å². The molecule has 1 aliphatic rings. The van der Waals surface area contributed by atoms with Crippen LogP contribution in [0.1, 0.15) is 49.6 Å². The molecule has 0 amide bonds. The minimum absolute atomic E-state index is 0.166. The van der Waals surface area contributed by atoms with Gasteiger partial charge in [-0.25, -0.2) is 9.97 Å². The number of hydrogen-bond donors (Lipinski definition) is 1. The van der Waals surface area contributed by atoms with Gasteiger partial charge >= 0.3 is 0 Å². The fourth-order valence-electron chi connectivity index (χ4n) is 3.51. The lowest BCUT2D eigenvalue weighted by Crippen LogP contribution is -2.10. The number of aryl methyl sites for hydroxylation is 2. The van der Waals surface area contributed by atoms with Crippen LogP contribution in [0, 0.1) is 0 Å². The van der Waals surface area contributed by atoms with Gasteiger partial charge in [0, 0.05) is 10.6 Å². The number of rotatable bonds is 3. The van der Waals surface area contributed by atoms with Crippen molar-refractivity contribution >= 4 is 44.8 Å². The number of nitrogens with zero attached hydrogens (tertiary/aromatic N) is 2. The molecule has 2 aromatic heterocycles. The molecular weight excluding hydrogens is 358 g/mol. The Morgan fingerprint density at radius 3 is 2.46 bits per heavy atom. The van der Waals surface area contributed by atoms with Crippen LogP contribution in [0.4, 0.5) is 11.5 Å². The summed E-state index contributed by atoms with van der Waals surface area (Å²) in [7, 11) is 0. The second kappa shape index (κ2) is 6.86. The van der Waals surface area contributed by atoms with E-state index in [-0.39, 0.29) is 5.41 Å². The van der Waals surface area contributed by atoms with Gasteiger partial charge < -0.3 is 5.32 Å². The summed E-state index contributed by atoms with van der Waals surface area (Å²) >= 11 is 3.46. The lowest BCUT2D eigenvalue weighted by molar-refractivity contribution is 0.590. The summed E-state index contributed by atoms with van der Waals surface area (Å²) in [4.78, 5) is 12.2. The Hall–Kier alpha value is -1.59. The van der Waals surface area contributed by atoms with E-state index in [9.17, 15) is 0 Å². The molecule has 136 valence electrons. The van der Waals surface area contributed by atoms with E-state index in [2.05, 4.69) is 50.4 Å². The molecule has 0 saturated heterocycles. The molecule has 0 unspecified atom stereocenters. The second-order valence-corrected chi connectivity index (χ2v) is 9.76. The molecule has 0 aliphatic heterocycles. The van der Waals surface area contributed by atoms with Crippen LogP contribution < -0.4 is 5.32 Å². The van der Waals surface area contributed by atoms with E-state index in [4.69, 9.17) is 9.97 Å². The van der Waals surface area contributed by atoms with E-state index in [1.807, 2.05) is 17.6 Å². The number of fused-ring (bicyclic) bond motifs is 3.